The number of hydrogen-bond acceptors (Lipinski definition) is 2. The van der Waals surface area contributed by atoms with Crippen molar-refractivity contribution in [3.05, 3.63) is 29.1 Å². The molecule has 0 saturated carbocycles. The van der Waals surface area contributed by atoms with Gasteiger partial charge in [-0.25, -0.2) is 9.40 Å². The van der Waals surface area contributed by atoms with Gasteiger partial charge in [-0.2, -0.15) is 0 Å². The second-order valence-corrected chi connectivity index (χ2v) is 4.95. The summed E-state index contributed by atoms with van der Waals surface area (Å²) < 4.78 is 13.6. The molecule has 1 unspecified atom stereocenters. The monoisotopic (exact) mass is 252 g/mol. The minimum Gasteiger partial charge on any atom is -0.308 e. The standard InChI is InChI=1S/C13H19FN2.C2H6/c1-8(2)13-10-6-9(3)11(14)7-12(10)15(4)16(13)5;1-2/h6-8,13H,1-5H3;1-2H3. The first-order chi connectivity index (χ1) is 8.43. The maximum absolute atomic E-state index is 13.6. The van der Waals surface area contributed by atoms with Crippen LogP contribution >= 0.6 is 0 Å². The van der Waals surface area contributed by atoms with Gasteiger partial charge in [0.25, 0.3) is 0 Å². The van der Waals surface area contributed by atoms with Crippen LogP contribution in [0.5, 0.6) is 0 Å². The lowest BCUT2D eigenvalue weighted by atomic mass is 9.95. The molecule has 0 saturated heterocycles. The molecule has 0 bridgehead atoms. The number of halogens is 1. The van der Waals surface area contributed by atoms with Crippen molar-refractivity contribution >= 4 is 5.69 Å². The molecule has 0 fully saturated rings. The average molecular weight is 252 g/mol. The summed E-state index contributed by atoms with van der Waals surface area (Å²) in [6.45, 7) is 10.2. The summed E-state index contributed by atoms with van der Waals surface area (Å²) in [6.07, 6.45) is 0. The maximum atomic E-state index is 13.6. The highest BCUT2D eigenvalue weighted by Crippen LogP contribution is 2.42. The van der Waals surface area contributed by atoms with Gasteiger partial charge >= 0.3 is 0 Å². The van der Waals surface area contributed by atoms with Gasteiger partial charge in [0.15, 0.2) is 0 Å². The van der Waals surface area contributed by atoms with E-state index in [0.29, 0.717) is 12.0 Å². The Bertz CT molecular complexity index is 415. The molecule has 0 N–H and O–H groups in total. The van der Waals surface area contributed by atoms with E-state index in [1.807, 2.05) is 38.9 Å². The van der Waals surface area contributed by atoms with Gasteiger partial charge in [0.2, 0.25) is 0 Å². The summed E-state index contributed by atoms with van der Waals surface area (Å²) >= 11 is 0. The van der Waals surface area contributed by atoms with Crippen LogP contribution in [0.15, 0.2) is 12.1 Å². The van der Waals surface area contributed by atoms with E-state index in [0.717, 1.165) is 11.3 Å². The third-order valence-electron chi connectivity index (χ3n) is 3.48. The quantitative estimate of drug-likeness (QED) is 0.740. The molecule has 0 aliphatic carbocycles. The van der Waals surface area contributed by atoms with E-state index >= 15 is 0 Å². The Morgan fingerprint density at radius 3 is 2.22 bits per heavy atom. The van der Waals surface area contributed by atoms with Crippen molar-refractivity contribution in [3.8, 4) is 0 Å². The third-order valence-corrected chi connectivity index (χ3v) is 3.48. The minimum absolute atomic E-state index is 0.122. The van der Waals surface area contributed by atoms with E-state index in [1.165, 1.54) is 5.56 Å². The van der Waals surface area contributed by atoms with Crippen LogP contribution in [0.1, 0.15) is 44.9 Å². The van der Waals surface area contributed by atoms with Crippen LogP contribution in [0.25, 0.3) is 0 Å². The fourth-order valence-corrected chi connectivity index (χ4v) is 2.56. The number of hydrogen-bond donors (Lipinski definition) is 0. The van der Waals surface area contributed by atoms with Gasteiger partial charge in [0.05, 0.1) is 11.7 Å². The molecule has 2 nitrogen and oxygen atoms in total. The molecule has 1 atom stereocenters. The van der Waals surface area contributed by atoms with Crippen LogP contribution < -0.4 is 5.01 Å². The maximum Gasteiger partial charge on any atom is 0.128 e. The molecule has 3 heteroatoms. The molecular formula is C15H25FN2. The Hall–Kier alpha value is -1.09. The molecule has 1 aliphatic rings. The Morgan fingerprint density at radius 2 is 1.72 bits per heavy atom. The van der Waals surface area contributed by atoms with Gasteiger partial charge < -0.3 is 5.01 Å². The number of hydrazine groups is 1. The molecule has 18 heavy (non-hydrogen) atoms. The lowest BCUT2D eigenvalue weighted by Gasteiger charge is -2.29. The highest BCUT2D eigenvalue weighted by atomic mass is 19.1. The zero-order valence-corrected chi connectivity index (χ0v) is 12.6. The molecule has 0 radical (unpaired) electrons. The Morgan fingerprint density at radius 1 is 1.17 bits per heavy atom. The predicted octanol–water partition coefficient (Wildman–Crippen LogP) is 4.15. The number of rotatable bonds is 1. The molecule has 1 aromatic rings. The molecule has 1 aliphatic heterocycles. The number of nitrogens with zero attached hydrogens (tertiary/aromatic N) is 2. The fourth-order valence-electron chi connectivity index (χ4n) is 2.56. The highest BCUT2D eigenvalue weighted by Gasteiger charge is 2.34. The van der Waals surface area contributed by atoms with Crippen LogP contribution in [0.3, 0.4) is 0 Å². The second-order valence-electron chi connectivity index (χ2n) is 4.95. The van der Waals surface area contributed by atoms with E-state index in [1.54, 1.807) is 6.07 Å². The molecule has 1 heterocycles. The van der Waals surface area contributed by atoms with Gasteiger partial charge in [-0.15, -0.1) is 0 Å². The Labute approximate surface area is 110 Å². The topological polar surface area (TPSA) is 6.48 Å². The van der Waals surface area contributed by atoms with Crippen molar-refractivity contribution in [2.45, 2.75) is 40.7 Å². The lowest BCUT2D eigenvalue weighted by Crippen LogP contribution is -2.34. The summed E-state index contributed by atoms with van der Waals surface area (Å²) in [7, 11) is 4.04. The van der Waals surface area contributed by atoms with Crippen molar-refractivity contribution in [2.75, 3.05) is 19.1 Å². The van der Waals surface area contributed by atoms with Crippen molar-refractivity contribution in [2.24, 2.45) is 5.92 Å². The minimum atomic E-state index is -0.122. The van der Waals surface area contributed by atoms with Crippen LogP contribution in [-0.4, -0.2) is 19.1 Å². The highest BCUT2D eigenvalue weighted by molar-refractivity contribution is 5.59. The van der Waals surface area contributed by atoms with Gasteiger partial charge in [0.1, 0.15) is 5.82 Å². The van der Waals surface area contributed by atoms with E-state index in [-0.39, 0.29) is 5.82 Å². The number of fused-ring (bicyclic) bond motifs is 1. The van der Waals surface area contributed by atoms with Gasteiger partial charge in [-0.1, -0.05) is 27.7 Å². The van der Waals surface area contributed by atoms with Gasteiger partial charge in [-0.05, 0) is 36.1 Å². The Balaban J connectivity index is 0.000000771. The van der Waals surface area contributed by atoms with Crippen LogP contribution in [0.2, 0.25) is 0 Å². The molecule has 0 aromatic heterocycles. The van der Waals surface area contributed by atoms with E-state index in [2.05, 4.69) is 25.9 Å². The normalized spacial score (nSPS) is 18.7. The zero-order valence-electron chi connectivity index (χ0n) is 12.6. The van der Waals surface area contributed by atoms with Crippen molar-refractivity contribution < 1.29 is 4.39 Å². The first-order valence-electron chi connectivity index (χ1n) is 6.70. The van der Waals surface area contributed by atoms with Crippen LogP contribution in [0.4, 0.5) is 10.1 Å². The molecule has 102 valence electrons. The Kier molecular flexibility index (Phi) is 4.74. The summed E-state index contributed by atoms with van der Waals surface area (Å²) in [5, 5.41) is 4.21. The predicted molar refractivity (Wildman–Crippen MR) is 76.2 cm³/mol. The van der Waals surface area contributed by atoms with Crippen molar-refractivity contribution in [1.29, 1.82) is 0 Å². The molecular weight excluding hydrogens is 227 g/mol. The van der Waals surface area contributed by atoms with Gasteiger partial charge in [0, 0.05) is 14.1 Å². The van der Waals surface area contributed by atoms with Crippen LogP contribution in [-0.2, 0) is 0 Å². The van der Waals surface area contributed by atoms with Crippen molar-refractivity contribution in [3.63, 3.8) is 0 Å². The van der Waals surface area contributed by atoms with Crippen molar-refractivity contribution in [1.82, 2.24) is 5.01 Å². The number of aryl methyl sites for hydroxylation is 1. The molecule has 0 amide bonds. The molecule has 2 rings (SSSR count). The SMILES string of the molecule is CC.Cc1cc2c(cc1F)N(C)N(C)C2C(C)C. The second kappa shape index (κ2) is 5.70. The summed E-state index contributed by atoms with van der Waals surface area (Å²) in [6, 6.07) is 3.97. The summed E-state index contributed by atoms with van der Waals surface area (Å²) in [5.74, 6) is 0.391. The average Bonchev–Trinajstić information content (AvgIpc) is 2.56. The smallest absolute Gasteiger partial charge is 0.128 e. The van der Waals surface area contributed by atoms with E-state index < -0.39 is 0 Å². The number of anilines is 1. The van der Waals surface area contributed by atoms with Crippen LogP contribution in [0, 0.1) is 18.7 Å². The number of benzene rings is 1. The molecule has 1 aromatic carbocycles. The third kappa shape index (κ3) is 2.37. The first-order valence-corrected chi connectivity index (χ1v) is 6.70. The molecule has 0 spiro atoms. The largest absolute Gasteiger partial charge is 0.308 e. The lowest BCUT2D eigenvalue weighted by molar-refractivity contribution is 0.210. The summed E-state index contributed by atoms with van der Waals surface area (Å²) in [5.41, 5.74) is 2.95. The summed E-state index contributed by atoms with van der Waals surface area (Å²) in [4.78, 5) is 0. The van der Waals surface area contributed by atoms with E-state index in [9.17, 15) is 4.39 Å². The fraction of sp³-hybridized carbons (Fsp3) is 0.600. The van der Waals surface area contributed by atoms with Gasteiger partial charge in [-0.3, -0.25) is 0 Å². The first kappa shape index (κ1) is 15.0. The van der Waals surface area contributed by atoms with E-state index in [4.69, 9.17) is 0 Å². The zero-order chi connectivity index (χ0) is 14.0.